The third-order valence-electron chi connectivity index (χ3n) is 3.17. The molecule has 0 spiro atoms. The molecule has 3 atom stereocenters. The molecule has 1 aliphatic heterocycles. The molecule has 2 fully saturated rings. The van der Waals surface area contributed by atoms with E-state index in [9.17, 15) is 4.79 Å². The van der Waals surface area contributed by atoms with E-state index in [0.29, 0.717) is 18.4 Å². The number of carbonyl (C=O) groups is 1. The van der Waals surface area contributed by atoms with E-state index in [-0.39, 0.29) is 12.1 Å². The van der Waals surface area contributed by atoms with Crippen LogP contribution in [0, 0.1) is 11.8 Å². The van der Waals surface area contributed by atoms with Crippen LogP contribution in [0.25, 0.3) is 0 Å². The first-order chi connectivity index (χ1) is 6.92. The molecule has 2 aliphatic rings. The summed E-state index contributed by atoms with van der Waals surface area (Å²) in [6.07, 6.45) is 1.03. The Morgan fingerprint density at radius 2 is 2.20 bits per heavy atom. The normalized spacial score (nSPS) is 33.9. The summed E-state index contributed by atoms with van der Waals surface area (Å²) in [5.41, 5.74) is 5.28. The van der Waals surface area contributed by atoms with Crippen molar-refractivity contribution in [2.24, 2.45) is 17.6 Å². The van der Waals surface area contributed by atoms with Gasteiger partial charge in [0.05, 0.1) is 6.04 Å². The van der Waals surface area contributed by atoms with Gasteiger partial charge in [-0.1, -0.05) is 0 Å². The largest absolute Gasteiger partial charge is 0.444 e. The molecular formula is C11H20N2O2. The molecule has 4 nitrogen and oxygen atoms in total. The number of piperidine rings is 1. The Morgan fingerprint density at radius 3 is 2.73 bits per heavy atom. The van der Waals surface area contributed by atoms with Crippen LogP contribution in [-0.2, 0) is 4.74 Å². The van der Waals surface area contributed by atoms with Gasteiger partial charge in [-0.25, -0.2) is 4.79 Å². The molecule has 0 bridgehead atoms. The van der Waals surface area contributed by atoms with Gasteiger partial charge in [0, 0.05) is 13.1 Å². The Morgan fingerprint density at radius 1 is 1.53 bits per heavy atom. The predicted octanol–water partition coefficient (Wildman–Crippen LogP) is 1.20. The van der Waals surface area contributed by atoms with Crippen molar-refractivity contribution >= 4 is 6.09 Å². The first-order valence-electron chi connectivity index (χ1n) is 5.62. The lowest BCUT2D eigenvalue weighted by Crippen LogP contribution is -2.45. The molecule has 0 radical (unpaired) electrons. The minimum absolute atomic E-state index is 0.204. The molecular weight excluding hydrogens is 192 g/mol. The third-order valence-corrected chi connectivity index (χ3v) is 3.17. The van der Waals surface area contributed by atoms with Crippen molar-refractivity contribution in [2.45, 2.75) is 38.8 Å². The zero-order valence-corrected chi connectivity index (χ0v) is 9.69. The van der Waals surface area contributed by atoms with Crippen molar-refractivity contribution in [3.8, 4) is 0 Å². The fourth-order valence-electron chi connectivity index (χ4n) is 2.40. The van der Waals surface area contributed by atoms with Crippen LogP contribution in [-0.4, -0.2) is 35.7 Å². The molecule has 0 unspecified atom stereocenters. The predicted molar refractivity (Wildman–Crippen MR) is 57.4 cm³/mol. The quantitative estimate of drug-likeness (QED) is 0.710. The van der Waals surface area contributed by atoms with Gasteiger partial charge in [0.2, 0.25) is 0 Å². The first kappa shape index (κ1) is 10.7. The lowest BCUT2D eigenvalue weighted by Gasteiger charge is -2.29. The Hall–Kier alpha value is -0.770. The van der Waals surface area contributed by atoms with Crippen molar-refractivity contribution < 1.29 is 9.53 Å². The Balaban J connectivity index is 1.96. The smallest absolute Gasteiger partial charge is 0.410 e. The van der Waals surface area contributed by atoms with Gasteiger partial charge in [-0.05, 0) is 39.0 Å². The molecule has 2 N–H and O–H groups in total. The Kier molecular flexibility index (Phi) is 2.41. The second-order valence-corrected chi connectivity index (χ2v) is 5.60. The summed E-state index contributed by atoms with van der Waals surface area (Å²) < 4.78 is 5.35. The van der Waals surface area contributed by atoms with Gasteiger partial charge >= 0.3 is 6.09 Å². The maximum Gasteiger partial charge on any atom is 0.410 e. The van der Waals surface area contributed by atoms with Gasteiger partial charge in [0.1, 0.15) is 5.60 Å². The zero-order valence-electron chi connectivity index (χ0n) is 9.69. The van der Waals surface area contributed by atoms with E-state index >= 15 is 0 Å². The summed E-state index contributed by atoms with van der Waals surface area (Å²) in [5, 5.41) is 0. The number of rotatable bonds is 1. The lowest BCUT2D eigenvalue weighted by atomic mass is 10.2. The van der Waals surface area contributed by atoms with Crippen LogP contribution in [0.5, 0.6) is 0 Å². The number of likely N-dealkylation sites (tertiary alicyclic amines) is 1. The number of nitrogens with zero attached hydrogens (tertiary/aromatic N) is 1. The molecule has 0 aromatic carbocycles. The fraction of sp³-hybridized carbons (Fsp3) is 0.909. The molecule has 0 aromatic heterocycles. The van der Waals surface area contributed by atoms with Crippen molar-refractivity contribution in [1.82, 2.24) is 4.90 Å². The van der Waals surface area contributed by atoms with Crippen molar-refractivity contribution in [3.05, 3.63) is 0 Å². The Labute approximate surface area is 90.8 Å². The number of hydrogen-bond donors (Lipinski definition) is 1. The van der Waals surface area contributed by atoms with E-state index in [4.69, 9.17) is 10.5 Å². The SMILES string of the molecule is CC(C)(C)OC(=O)N1C[C@@H]2C[C@@H]2[C@H]1CN. The van der Waals surface area contributed by atoms with Gasteiger partial charge in [-0.2, -0.15) is 0 Å². The van der Waals surface area contributed by atoms with Crippen LogP contribution in [0.3, 0.4) is 0 Å². The lowest BCUT2D eigenvalue weighted by molar-refractivity contribution is 0.0200. The van der Waals surface area contributed by atoms with Crippen molar-refractivity contribution in [1.29, 1.82) is 0 Å². The van der Waals surface area contributed by atoms with E-state index < -0.39 is 5.60 Å². The van der Waals surface area contributed by atoms with E-state index in [1.807, 2.05) is 25.7 Å². The summed E-state index contributed by atoms with van der Waals surface area (Å²) in [6.45, 7) is 7.05. The van der Waals surface area contributed by atoms with Crippen LogP contribution < -0.4 is 5.73 Å². The number of fused-ring (bicyclic) bond motifs is 1. The topological polar surface area (TPSA) is 55.6 Å². The van der Waals surface area contributed by atoms with Crippen LogP contribution in [0.2, 0.25) is 0 Å². The highest BCUT2D eigenvalue weighted by Gasteiger charge is 2.54. The van der Waals surface area contributed by atoms with Crippen LogP contribution >= 0.6 is 0 Å². The number of nitrogens with two attached hydrogens (primary N) is 1. The average molecular weight is 212 g/mol. The Bertz CT molecular complexity index is 272. The zero-order chi connectivity index (χ0) is 11.2. The van der Waals surface area contributed by atoms with Crippen molar-refractivity contribution in [2.75, 3.05) is 13.1 Å². The molecule has 1 aliphatic carbocycles. The molecule has 4 heteroatoms. The second kappa shape index (κ2) is 3.37. The molecule has 1 saturated carbocycles. The molecule has 0 aromatic rings. The second-order valence-electron chi connectivity index (χ2n) is 5.60. The van der Waals surface area contributed by atoms with Gasteiger partial charge in [-0.15, -0.1) is 0 Å². The third kappa shape index (κ3) is 2.09. The van der Waals surface area contributed by atoms with Gasteiger partial charge in [0.25, 0.3) is 0 Å². The van der Waals surface area contributed by atoms with Gasteiger partial charge in [0.15, 0.2) is 0 Å². The molecule has 15 heavy (non-hydrogen) atoms. The first-order valence-corrected chi connectivity index (χ1v) is 5.62. The molecule has 1 heterocycles. The van der Waals surface area contributed by atoms with E-state index in [2.05, 4.69) is 0 Å². The highest BCUT2D eigenvalue weighted by atomic mass is 16.6. The van der Waals surface area contributed by atoms with Crippen LogP contribution in [0.1, 0.15) is 27.2 Å². The van der Waals surface area contributed by atoms with Crippen LogP contribution in [0.4, 0.5) is 4.79 Å². The maximum atomic E-state index is 11.8. The van der Waals surface area contributed by atoms with E-state index in [1.165, 1.54) is 6.42 Å². The molecule has 1 amide bonds. The average Bonchev–Trinajstić information content (AvgIpc) is 2.75. The van der Waals surface area contributed by atoms with E-state index in [0.717, 1.165) is 6.54 Å². The molecule has 1 saturated heterocycles. The summed E-state index contributed by atoms with van der Waals surface area (Å²) in [6, 6.07) is 0.213. The highest BCUT2D eigenvalue weighted by molar-refractivity contribution is 5.69. The standard InChI is InChI=1S/C11H20N2O2/c1-11(2,3)15-10(14)13-6-7-4-8(7)9(13)5-12/h7-9H,4-6,12H2,1-3H3/t7-,8-,9+/m0/s1. The molecule has 86 valence electrons. The number of amides is 1. The van der Waals surface area contributed by atoms with E-state index in [1.54, 1.807) is 0 Å². The summed E-state index contributed by atoms with van der Waals surface area (Å²) in [5.74, 6) is 1.33. The monoisotopic (exact) mass is 212 g/mol. The minimum Gasteiger partial charge on any atom is -0.444 e. The van der Waals surface area contributed by atoms with Crippen molar-refractivity contribution in [3.63, 3.8) is 0 Å². The summed E-state index contributed by atoms with van der Waals surface area (Å²) >= 11 is 0. The highest BCUT2D eigenvalue weighted by Crippen LogP contribution is 2.49. The summed E-state index contributed by atoms with van der Waals surface area (Å²) in [4.78, 5) is 13.7. The van der Waals surface area contributed by atoms with Crippen LogP contribution in [0.15, 0.2) is 0 Å². The van der Waals surface area contributed by atoms with Gasteiger partial charge < -0.3 is 15.4 Å². The number of ether oxygens (including phenoxy) is 1. The fourth-order valence-corrected chi connectivity index (χ4v) is 2.40. The van der Waals surface area contributed by atoms with Gasteiger partial charge in [-0.3, -0.25) is 0 Å². The molecule has 2 rings (SSSR count). The number of carbonyl (C=O) groups excluding carboxylic acids is 1. The maximum absolute atomic E-state index is 11.8. The minimum atomic E-state index is -0.414. The summed E-state index contributed by atoms with van der Waals surface area (Å²) in [7, 11) is 0. The number of hydrogen-bond acceptors (Lipinski definition) is 3.